The fourth-order valence-electron chi connectivity index (χ4n) is 2.71. The Morgan fingerprint density at radius 2 is 1.35 bits per heavy atom. The van der Waals surface area contributed by atoms with Crippen LogP contribution in [0.25, 0.3) is 0 Å². The molecule has 2 unspecified atom stereocenters. The summed E-state index contributed by atoms with van der Waals surface area (Å²) < 4.78 is 0.506. The fraction of sp³-hybridized carbons (Fsp3) is 0.444. The second-order valence-electron chi connectivity index (χ2n) is 5.77. The van der Waals surface area contributed by atoms with E-state index < -0.39 is 0 Å². The molecule has 0 N–H and O–H groups in total. The monoisotopic (exact) mass is 460 g/mol. The molecule has 2 aliphatic carbocycles. The maximum atomic E-state index is 12.4. The van der Waals surface area contributed by atoms with Crippen LogP contribution in [0, 0.1) is 0 Å². The second-order valence-corrected chi connectivity index (χ2v) is 11.9. The van der Waals surface area contributed by atoms with Gasteiger partial charge in [-0.15, -0.1) is 0 Å². The van der Waals surface area contributed by atoms with Crippen LogP contribution >= 0.6 is 11.3 Å². The Morgan fingerprint density at radius 3 is 1.74 bits per heavy atom. The van der Waals surface area contributed by atoms with E-state index in [9.17, 15) is 9.59 Å². The zero-order valence-corrected chi connectivity index (χ0v) is 17.1. The Bertz CT molecular complexity index is 580. The van der Waals surface area contributed by atoms with Gasteiger partial charge in [0.05, 0.1) is 0 Å². The number of carbonyl (C=O) groups excluding carboxylic acids is 2. The van der Waals surface area contributed by atoms with Gasteiger partial charge >= 0.3 is 155 Å². The minimum atomic E-state index is -0.0284. The zero-order valence-electron chi connectivity index (χ0n) is 12.9. The predicted molar refractivity (Wildman–Crippen MR) is 98.0 cm³/mol. The molecule has 0 aliphatic heterocycles. The van der Waals surface area contributed by atoms with Crippen LogP contribution in [-0.2, 0) is 0 Å². The van der Waals surface area contributed by atoms with Gasteiger partial charge < -0.3 is 0 Å². The normalized spacial score (nSPS) is 23.8. The zero-order chi connectivity index (χ0) is 16.1. The quantitative estimate of drug-likeness (QED) is 0.465. The Hall–Kier alpha value is -0.441. The molecule has 3 rings (SSSR count). The van der Waals surface area contributed by atoms with Crippen LogP contribution in [0.5, 0.6) is 0 Å². The molecule has 0 spiro atoms. The summed E-state index contributed by atoms with van der Waals surface area (Å²) in [6.45, 7) is 0. The number of hydrogen-bond acceptors (Lipinski definition) is 3. The Balaban J connectivity index is 1.58. The average molecular weight is 458 g/mol. The van der Waals surface area contributed by atoms with Crippen molar-refractivity contribution in [1.29, 1.82) is 0 Å². The number of allylic oxidation sites excluding steroid dienone is 4. The molecule has 23 heavy (non-hydrogen) atoms. The molecular weight excluding hydrogens is 438 g/mol. The van der Waals surface area contributed by atoms with Gasteiger partial charge in [-0.1, -0.05) is 0 Å². The van der Waals surface area contributed by atoms with Crippen molar-refractivity contribution in [2.24, 2.45) is 0 Å². The third-order valence-electron chi connectivity index (χ3n) is 3.95. The summed E-state index contributed by atoms with van der Waals surface area (Å²) in [5.74, 6) is 0. The summed E-state index contributed by atoms with van der Waals surface area (Å²) in [6, 6.07) is 3.72. The van der Waals surface area contributed by atoms with Crippen molar-refractivity contribution >= 4 is 50.6 Å². The average Bonchev–Trinajstić information content (AvgIpc) is 3.07. The predicted octanol–water partition coefficient (Wildman–Crippen LogP) is 4.49. The molecule has 1 aromatic rings. The number of carbonyl (C=O) groups is 2. The molecule has 122 valence electrons. The van der Waals surface area contributed by atoms with Gasteiger partial charge in [-0.25, -0.2) is 0 Å². The van der Waals surface area contributed by atoms with E-state index in [0.717, 1.165) is 35.4 Å². The van der Waals surface area contributed by atoms with Crippen LogP contribution < -0.4 is 0 Å². The van der Waals surface area contributed by atoms with Crippen LogP contribution in [0.1, 0.15) is 57.9 Å². The van der Waals surface area contributed by atoms with Crippen LogP contribution in [0.2, 0.25) is 9.63 Å². The molecule has 0 radical (unpaired) electrons. The summed E-state index contributed by atoms with van der Waals surface area (Å²) in [4.78, 5) is 27.3. The van der Waals surface area contributed by atoms with Crippen molar-refractivity contribution in [3.63, 3.8) is 0 Å². The van der Waals surface area contributed by atoms with Crippen molar-refractivity contribution in [2.45, 2.75) is 48.2 Å². The molecule has 0 fully saturated rings. The van der Waals surface area contributed by atoms with Gasteiger partial charge in [0.2, 0.25) is 0 Å². The van der Waals surface area contributed by atoms with Crippen LogP contribution in [0.15, 0.2) is 36.4 Å². The van der Waals surface area contributed by atoms with Gasteiger partial charge in [0.25, 0.3) is 0 Å². The maximum absolute atomic E-state index is 12.4. The van der Waals surface area contributed by atoms with Crippen LogP contribution in [-0.4, -0.2) is 39.3 Å². The van der Waals surface area contributed by atoms with Crippen molar-refractivity contribution < 1.29 is 9.59 Å². The van der Waals surface area contributed by atoms with Gasteiger partial charge in [-0.3, -0.25) is 0 Å². The summed E-state index contributed by atoms with van der Waals surface area (Å²) in [6.07, 6.45) is 15.8. The molecule has 0 aromatic carbocycles. The third-order valence-corrected chi connectivity index (χ3v) is 10.4. The summed E-state index contributed by atoms with van der Waals surface area (Å²) in [7, 11) is 0. The molecule has 1 aromatic heterocycles. The first-order valence-corrected chi connectivity index (χ1v) is 12.6. The molecule has 0 saturated heterocycles. The van der Waals surface area contributed by atoms with Gasteiger partial charge in [0.15, 0.2) is 0 Å². The van der Waals surface area contributed by atoms with E-state index in [1.807, 2.05) is 12.1 Å². The first-order valence-electron chi connectivity index (χ1n) is 8.07. The van der Waals surface area contributed by atoms with E-state index in [4.69, 9.17) is 0 Å². The molecule has 2 nitrogen and oxygen atoms in total. The van der Waals surface area contributed by atoms with E-state index in [-0.39, 0.29) is 39.3 Å². The van der Waals surface area contributed by atoms with Gasteiger partial charge in [-0.05, 0) is 0 Å². The number of rotatable bonds is 6. The summed E-state index contributed by atoms with van der Waals surface area (Å²) in [5.41, 5.74) is 0. The third kappa shape index (κ3) is 5.01. The van der Waals surface area contributed by atoms with E-state index in [2.05, 4.69) is 24.3 Å². The first kappa shape index (κ1) is 17.4. The second kappa shape index (κ2) is 8.60. The molecule has 5 heteroatoms. The fourth-order valence-corrected chi connectivity index (χ4v) is 8.32. The van der Waals surface area contributed by atoms with Gasteiger partial charge in [-0.2, -0.15) is 0 Å². The van der Waals surface area contributed by atoms with Crippen molar-refractivity contribution in [3.05, 3.63) is 46.2 Å². The summed E-state index contributed by atoms with van der Waals surface area (Å²) in [5, 5.41) is 0. The molecule has 2 atom stereocenters. The molecule has 0 bridgehead atoms. The van der Waals surface area contributed by atoms with E-state index in [1.54, 1.807) is 0 Å². The molecule has 1 heterocycles. The van der Waals surface area contributed by atoms with Gasteiger partial charge in [0, 0.05) is 0 Å². The standard InChI is InChI=1S/C18H20O2SSe2/c19-17(22-13-7-3-1-4-8-13)15-11-12-16(21-15)18(20)23-14-9-5-2-6-10-14/h3,5,7,9,11-14H,1-2,4,6,8,10H2. The topological polar surface area (TPSA) is 34.1 Å². The number of thiophene rings is 1. The van der Waals surface area contributed by atoms with E-state index >= 15 is 0 Å². The van der Waals surface area contributed by atoms with Crippen LogP contribution in [0.4, 0.5) is 0 Å². The SMILES string of the molecule is O=C([Se]C1C=CCCC1)c1ccc(C(=O)[Se]C2C=CCCC2)s1. The van der Waals surface area contributed by atoms with Crippen molar-refractivity contribution in [2.75, 3.05) is 0 Å². The molecule has 2 aliphatic rings. The van der Waals surface area contributed by atoms with E-state index in [0.29, 0.717) is 9.63 Å². The molecular formula is C18H20O2SSe2. The van der Waals surface area contributed by atoms with E-state index in [1.165, 1.54) is 24.2 Å². The van der Waals surface area contributed by atoms with Crippen molar-refractivity contribution in [3.8, 4) is 0 Å². The first-order chi connectivity index (χ1) is 11.2. The Kier molecular flexibility index (Phi) is 6.50. The molecule has 0 saturated carbocycles. The van der Waals surface area contributed by atoms with Crippen molar-refractivity contribution in [1.82, 2.24) is 0 Å². The molecule has 0 amide bonds. The number of hydrogen-bond donors (Lipinski definition) is 0. The summed E-state index contributed by atoms with van der Waals surface area (Å²) >= 11 is 1.35. The minimum absolute atomic E-state index is 0.0284. The Morgan fingerprint density at radius 1 is 0.870 bits per heavy atom. The van der Waals surface area contributed by atoms with Gasteiger partial charge in [0.1, 0.15) is 0 Å². The Labute approximate surface area is 154 Å². The van der Waals surface area contributed by atoms with Crippen LogP contribution in [0.3, 0.4) is 0 Å².